The second-order valence-corrected chi connectivity index (χ2v) is 6.21. The Morgan fingerprint density at radius 3 is 2.84 bits per heavy atom. The second kappa shape index (κ2) is 6.84. The average Bonchev–Trinajstić information content (AvgIpc) is 2.98. The number of aromatic nitrogens is 2. The maximum Gasteiger partial charge on any atom is 0.317 e. The van der Waals surface area contributed by atoms with Crippen LogP contribution in [-0.4, -0.2) is 51.9 Å². The van der Waals surface area contributed by atoms with E-state index in [1.54, 1.807) is 11.8 Å². The minimum Gasteiger partial charge on any atom is -0.337 e. The molecule has 5 nitrogen and oxygen atoms in total. The van der Waals surface area contributed by atoms with Crippen molar-refractivity contribution < 1.29 is 4.79 Å². The number of urea groups is 1. The van der Waals surface area contributed by atoms with Gasteiger partial charge in [0, 0.05) is 37.3 Å². The van der Waals surface area contributed by atoms with E-state index < -0.39 is 0 Å². The van der Waals surface area contributed by atoms with Crippen LogP contribution < -0.4 is 5.32 Å². The van der Waals surface area contributed by atoms with Crippen molar-refractivity contribution in [3.8, 4) is 0 Å². The number of hydrogen-bond donors (Lipinski definition) is 1. The largest absolute Gasteiger partial charge is 0.337 e. The molecule has 106 valence electrons. The van der Waals surface area contributed by atoms with Crippen molar-refractivity contribution in [2.45, 2.75) is 31.1 Å². The van der Waals surface area contributed by atoms with E-state index in [1.807, 2.05) is 28.0 Å². The molecular weight excluding hydrogens is 260 g/mol. The maximum absolute atomic E-state index is 12.0. The van der Waals surface area contributed by atoms with Gasteiger partial charge in [-0.2, -0.15) is 16.9 Å². The Hall–Kier alpha value is -1.17. The molecule has 0 spiro atoms. The van der Waals surface area contributed by atoms with Gasteiger partial charge in [0.1, 0.15) is 0 Å². The van der Waals surface area contributed by atoms with E-state index in [0.717, 1.165) is 32.5 Å². The third-order valence-corrected chi connectivity index (χ3v) is 4.57. The summed E-state index contributed by atoms with van der Waals surface area (Å²) in [4.78, 5) is 13.9. The van der Waals surface area contributed by atoms with Gasteiger partial charge in [-0.3, -0.25) is 4.68 Å². The molecule has 1 aliphatic heterocycles. The number of piperidine rings is 1. The fraction of sp³-hybridized carbons (Fsp3) is 0.692. The number of amides is 2. The van der Waals surface area contributed by atoms with Crippen LogP contribution in [0.5, 0.6) is 0 Å². The highest BCUT2D eigenvalue weighted by atomic mass is 32.2. The molecular formula is C13H22N4OS. The fourth-order valence-corrected chi connectivity index (χ4v) is 2.51. The number of nitrogens with zero attached hydrogens (tertiary/aromatic N) is 3. The van der Waals surface area contributed by atoms with Gasteiger partial charge in [0.15, 0.2) is 0 Å². The van der Waals surface area contributed by atoms with Crippen molar-refractivity contribution in [2.24, 2.45) is 0 Å². The van der Waals surface area contributed by atoms with Gasteiger partial charge in [-0.05, 0) is 25.2 Å². The molecule has 0 unspecified atom stereocenters. The van der Waals surface area contributed by atoms with Crippen LogP contribution in [0, 0.1) is 0 Å². The Balaban J connectivity index is 1.75. The molecule has 1 saturated heterocycles. The number of hydrogen-bond acceptors (Lipinski definition) is 3. The van der Waals surface area contributed by atoms with Crippen LogP contribution >= 0.6 is 11.8 Å². The van der Waals surface area contributed by atoms with E-state index in [1.165, 1.54) is 0 Å². The molecule has 1 fully saturated rings. The van der Waals surface area contributed by atoms with Crippen molar-refractivity contribution in [1.29, 1.82) is 0 Å². The van der Waals surface area contributed by atoms with Gasteiger partial charge in [0.2, 0.25) is 0 Å². The summed E-state index contributed by atoms with van der Waals surface area (Å²) >= 11 is 1.77. The topological polar surface area (TPSA) is 50.2 Å². The van der Waals surface area contributed by atoms with Crippen molar-refractivity contribution >= 4 is 17.8 Å². The predicted molar refractivity (Wildman–Crippen MR) is 78.4 cm³/mol. The molecule has 0 aromatic carbocycles. The molecule has 2 heterocycles. The lowest BCUT2D eigenvalue weighted by atomic mass is 10.1. The zero-order valence-corrected chi connectivity index (χ0v) is 12.4. The molecule has 1 aliphatic rings. The summed E-state index contributed by atoms with van der Waals surface area (Å²) < 4.78 is 2.01. The molecule has 2 amide bonds. The number of nitrogens with one attached hydrogen (secondary N) is 1. The summed E-state index contributed by atoms with van der Waals surface area (Å²) in [5, 5.41) is 7.74. The first kappa shape index (κ1) is 14.2. The first-order valence-corrected chi connectivity index (χ1v) is 8.04. The van der Waals surface area contributed by atoms with Crippen LogP contribution in [0.15, 0.2) is 18.5 Å². The monoisotopic (exact) mass is 282 g/mol. The summed E-state index contributed by atoms with van der Waals surface area (Å²) in [6.07, 6.45) is 7.83. The van der Waals surface area contributed by atoms with E-state index in [2.05, 4.69) is 23.6 Å². The van der Waals surface area contributed by atoms with Crippen molar-refractivity contribution in [3.63, 3.8) is 0 Å². The molecule has 1 aromatic rings. The number of rotatable bonds is 4. The number of carbonyl (C=O) groups is 1. The Bertz CT molecular complexity index is 387. The highest BCUT2D eigenvalue weighted by Gasteiger charge is 2.23. The normalized spacial score (nSPS) is 18.3. The molecule has 1 aromatic heterocycles. The molecule has 19 heavy (non-hydrogen) atoms. The van der Waals surface area contributed by atoms with Crippen LogP contribution in [0.1, 0.15) is 25.8 Å². The number of thioether (sulfide) groups is 1. The van der Waals surface area contributed by atoms with Gasteiger partial charge in [-0.25, -0.2) is 4.79 Å². The molecule has 6 heteroatoms. The van der Waals surface area contributed by atoms with Gasteiger partial charge in [-0.15, -0.1) is 0 Å². The van der Waals surface area contributed by atoms with Crippen molar-refractivity contribution in [3.05, 3.63) is 18.5 Å². The van der Waals surface area contributed by atoms with Crippen LogP contribution in [-0.2, 0) is 0 Å². The summed E-state index contributed by atoms with van der Waals surface area (Å²) in [5.41, 5.74) is 0. The van der Waals surface area contributed by atoms with Gasteiger partial charge in [0.25, 0.3) is 0 Å². The van der Waals surface area contributed by atoms with Crippen LogP contribution in [0.25, 0.3) is 0 Å². The summed E-state index contributed by atoms with van der Waals surface area (Å²) in [6.45, 7) is 4.47. The molecule has 2 rings (SSSR count). The zero-order chi connectivity index (χ0) is 13.7. The van der Waals surface area contributed by atoms with Gasteiger partial charge in [0.05, 0.1) is 6.04 Å². The summed E-state index contributed by atoms with van der Waals surface area (Å²) in [6, 6.07) is 2.45. The van der Waals surface area contributed by atoms with E-state index in [-0.39, 0.29) is 6.03 Å². The highest BCUT2D eigenvalue weighted by Crippen LogP contribution is 2.21. The van der Waals surface area contributed by atoms with Crippen molar-refractivity contribution in [2.75, 3.05) is 25.9 Å². The van der Waals surface area contributed by atoms with E-state index in [0.29, 0.717) is 11.3 Å². The lowest BCUT2D eigenvalue weighted by Crippen LogP contribution is -2.46. The minimum absolute atomic E-state index is 0.0693. The molecule has 0 radical (unpaired) electrons. The molecule has 0 aliphatic carbocycles. The lowest BCUT2D eigenvalue weighted by molar-refractivity contribution is 0.169. The lowest BCUT2D eigenvalue weighted by Gasteiger charge is -2.32. The van der Waals surface area contributed by atoms with Gasteiger partial charge in [-0.1, -0.05) is 6.92 Å². The third-order valence-electron chi connectivity index (χ3n) is 3.59. The van der Waals surface area contributed by atoms with E-state index >= 15 is 0 Å². The molecule has 0 saturated carbocycles. The Morgan fingerprint density at radius 1 is 1.53 bits per heavy atom. The Labute approximate surface area is 118 Å². The zero-order valence-electron chi connectivity index (χ0n) is 11.6. The molecule has 0 bridgehead atoms. The Morgan fingerprint density at radius 2 is 2.26 bits per heavy atom. The fourth-order valence-electron chi connectivity index (χ4n) is 2.26. The number of likely N-dealkylation sites (tertiary alicyclic amines) is 1. The van der Waals surface area contributed by atoms with Crippen LogP contribution in [0.2, 0.25) is 0 Å². The highest BCUT2D eigenvalue weighted by molar-refractivity contribution is 7.99. The first-order valence-electron chi connectivity index (χ1n) is 6.75. The predicted octanol–water partition coefficient (Wildman–Crippen LogP) is 1.98. The molecule has 1 N–H and O–H groups in total. The molecule has 1 atom stereocenters. The van der Waals surface area contributed by atoms with Crippen LogP contribution in [0.3, 0.4) is 0 Å². The van der Waals surface area contributed by atoms with E-state index in [4.69, 9.17) is 0 Å². The number of carbonyl (C=O) groups excluding carboxylic acids is 1. The average molecular weight is 282 g/mol. The summed E-state index contributed by atoms with van der Waals surface area (Å²) in [5.74, 6) is 0. The minimum atomic E-state index is 0.0693. The maximum atomic E-state index is 12.0. The smallest absolute Gasteiger partial charge is 0.317 e. The van der Waals surface area contributed by atoms with E-state index in [9.17, 15) is 4.79 Å². The van der Waals surface area contributed by atoms with Crippen molar-refractivity contribution in [1.82, 2.24) is 20.0 Å². The second-order valence-electron chi connectivity index (χ2n) is 4.94. The standard InChI is InChI=1S/C13H22N4OS/c1-11(19-2)10-14-13(18)16-8-4-12(5-9-16)17-7-3-6-15-17/h3,6-7,11-12H,4-5,8-10H2,1-2H3,(H,14,18)/t11-/m1/s1. The summed E-state index contributed by atoms with van der Waals surface area (Å²) in [7, 11) is 0. The SMILES string of the molecule is CS[C@H](C)CNC(=O)N1CCC(n2cccn2)CC1. The van der Waals surface area contributed by atoms with Gasteiger partial charge >= 0.3 is 6.03 Å². The van der Waals surface area contributed by atoms with Crippen LogP contribution in [0.4, 0.5) is 4.79 Å². The van der Waals surface area contributed by atoms with Gasteiger partial charge < -0.3 is 10.2 Å². The Kier molecular flexibility index (Phi) is 5.13. The quantitative estimate of drug-likeness (QED) is 0.918. The first-order chi connectivity index (χ1) is 9.20. The third kappa shape index (κ3) is 3.89.